The number of pyridine rings is 1. The summed E-state index contributed by atoms with van der Waals surface area (Å²) in [5.41, 5.74) is 4.42. The average Bonchev–Trinajstić information content (AvgIpc) is 2.73. The van der Waals surface area contributed by atoms with Crippen LogP contribution in [-0.4, -0.2) is 18.0 Å². The fourth-order valence-electron chi connectivity index (χ4n) is 2.64. The number of rotatable bonds is 7. The van der Waals surface area contributed by atoms with Crippen molar-refractivity contribution < 1.29 is 9.53 Å². The van der Waals surface area contributed by atoms with E-state index < -0.39 is 0 Å². The van der Waals surface area contributed by atoms with Gasteiger partial charge in [0.15, 0.2) is 0 Å². The summed E-state index contributed by atoms with van der Waals surface area (Å²) >= 11 is 0. The van der Waals surface area contributed by atoms with Gasteiger partial charge < -0.3 is 15.4 Å². The maximum atomic E-state index is 12.5. The number of nitrogens with zero attached hydrogens (tertiary/aromatic N) is 1. The first kappa shape index (κ1) is 18.5. The molecule has 2 N–H and O–H groups in total. The van der Waals surface area contributed by atoms with Gasteiger partial charge in [-0.2, -0.15) is 0 Å². The number of hydrogen-bond acceptors (Lipinski definition) is 4. The molecule has 0 unspecified atom stereocenters. The van der Waals surface area contributed by atoms with Gasteiger partial charge in [0, 0.05) is 24.6 Å². The number of benzene rings is 2. The Labute approximate surface area is 159 Å². The SMILES string of the molecule is CCc1ccc(NC(=O)c2cncc(NCc3ccc(OC)cc3)c2)cc1. The van der Waals surface area contributed by atoms with Crippen molar-refractivity contribution >= 4 is 17.3 Å². The first-order chi connectivity index (χ1) is 13.2. The lowest BCUT2D eigenvalue weighted by Crippen LogP contribution is -2.12. The van der Waals surface area contributed by atoms with Gasteiger partial charge in [-0.25, -0.2) is 0 Å². The fourth-order valence-corrected chi connectivity index (χ4v) is 2.64. The van der Waals surface area contributed by atoms with Crippen LogP contribution >= 0.6 is 0 Å². The number of methoxy groups -OCH3 is 1. The smallest absolute Gasteiger partial charge is 0.257 e. The van der Waals surface area contributed by atoms with Crippen LogP contribution in [0.5, 0.6) is 5.75 Å². The minimum atomic E-state index is -0.181. The van der Waals surface area contributed by atoms with E-state index in [0.717, 1.165) is 29.1 Å². The van der Waals surface area contributed by atoms with Crippen LogP contribution in [0.15, 0.2) is 67.0 Å². The number of aryl methyl sites for hydroxylation is 1. The third-order valence-electron chi connectivity index (χ3n) is 4.28. The Morgan fingerprint density at radius 3 is 2.33 bits per heavy atom. The highest BCUT2D eigenvalue weighted by Gasteiger charge is 2.08. The molecule has 138 valence electrons. The van der Waals surface area contributed by atoms with E-state index in [4.69, 9.17) is 4.74 Å². The van der Waals surface area contributed by atoms with Crippen LogP contribution in [-0.2, 0) is 13.0 Å². The van der Waals surface area contributed by atoms with Gasteiger partial charge >= 0.3 is 0 Å². The molecule has 1 aromatic heterocycles. The molecule has 27 heavy (non-hydrogen) atoms. The Hall–Kier alpha value is -3.34. The normalized spacial score (nSPS) is 10.3. The third kappa shape index (κ3) is 5.07. The molecule has 0 aliphatic heterocycles. The van der Waals surface area contributed by atoms with Crippen LogP contribution in [0.2, 0.25) is 0 Å². The van der Waals surface area contributed by atoms with E-state index in [9.17, 15) is 4.79 Å². The van der Waals surface area contributed by atoms with E-state index in [1.807, 2.05) is 48.5 Å². The lowest BCUT2D eigenvalue weighted by atomic mass is 10.1. The molecule has 3 aromatic rings. The predicted molar refractivity (Wildman–Crippen MR) is 108 cm³/mol. The van der Waals surface area contributed by atoms with Gasteiger partial charge in [-0.05, 0) is 47.9 Å². The predicted octanol–water partition coefficient (Wildman–Crippen LogP) is 4.52. The van der Waals surface area contributed by atoms with Crippen molar-refractivity contribution in [1.29, 1.82) is 0 Å². The Morgan fingerprint density at radius 1 is 0.963 bits per heavy atom. The number of nitrogens with one attached hydrogen (secondary N) is 2. The molecular formula is C22H23N3O2. The Balaban J connectivity index is 1.62. The monoisotopic (exact) mass is 361 g/mol. The first-order valence-electron chi connectivity index (χ1n) is 8.90. The molecule has 2 aromatic carbocycles. The molecule has 1 amide bonds. The zero-order valence-electron chi connectivity index (χ0n) is 15.5. The molecule has 5 heteroatoms. The molecule has 5 nitrogen and oxygen atoms in total. The van der Waals surface area contributed by atoms with Crippen LogP contribution < -0.4 is 15.4 Å². The van der Waals surface area contributed by atoms with Gasteiger partial charge in [0.1, 0.15) is 5.75 Å². The van der Waals surface area contributed by atoms with E-state index in [2.05, 4.69) is 22.5 Å². The van der Waals surface area contributed by atoms with E-state index in [-0.39, 0.29) is 5.91 Å². The highest BCUT2D eigenvalue weighted by Crippen LogP contribution is 2.16. The molecule has 3 rings (SSSR count). The third-order valence-corrected chi connectivity index (χ3v) is 4.28. The standard InChI is InChI=1S/C22H23N3O2/c1-3-16-4-8-19(9-5-16)25-22(26)18-12-20(15-23-14-18)24-13-17-6-10-21(27-2)11-7-17/h4-12,14-15,24H,3,13H2,1-2H3,(H,25,26). The second-order valence-electron chi connectivity index (χ2n) is 6.17. The number of hydrogen-bond donors (Lipinski definition) is 2. The Bertz CT molecular complexity index is 890. The van der Waals surface area contributed by atoms with Gasteiger partial charge in [-0.15, -0.1) is 0 Å². The molecular weight excluding hydrogens is 338 g/mol. The highest BCUT2D eigenvalue weighted by molar-refractivity contribution is 6.04. The van der Waals surface area contributed by atoms with E-state index in [0.29, 0.717) is 12.1 Å². The van der Waals surface area contributed by atoms with Gasteiger partial charge in [0.2, 0.25) is 0 Å². The Morgan fingerprint density at radius 2 is 1.67 bits per heavy atom. The highest BCUT2D eigenvalue weighted by atomic mass is 16.5. The zero-order chi connectivity index (χ0) is 19.1. The van der Waals surface area contributed by atoms with Gasteiger partial charge in [-0.3, -0.25) is 9.78 Å². The molecule has 0 saturated heterocycles. The van der Waals surface area contributed by atoms with E-state index in [1.165, 1.54) is 5.56 Å². The first-order valence-corrected chi connectivity index (χ1v) is 8.90. The summed E-state index contributed by atoms with van der Waals surface area (Å²) in [7, 11) is 1.65. The minimum Gasteiger partial charge on any atom is -0.497 e. The average molecular weight is 361 g/mol. The zero-order valence-corrected chi connectivity index (χ0v) is 15.5. The molecule has 1 heterocycles. The van der Waals surface area contributed by atoms with Gasteiger partial charge in [-0.1, -0.05) is 31.2 Å². The second-order valence-corrected chi connectivity index (χ2v) is 6.17. The number of amides is 1. The van der Waals surface area contributed by atoms with Crippen LogP contribution in [0.3, 0.4) is 0 Å². The van der Waals surface area contributed by atoms with Crippen molar-refractivity contribution in [2.24, 2.45) is 0 Å². The number of aromatic nitrogens is 1. The summed E-state index contributed by atoms with van der Waals surface area (Å²) in [5, 5.41) is 6.19. The number of carbonyl (C=O) groups excluding carboxylic acids is 1. The fraction of sp³-hybridized carbons (Fsp3) is 0.182. The van der Waals surface area contributed by atoms with Crippen LogP contribution in [0.1, 0.15) is 28.4 Å². The molecule has 0 fully saturated rings. The summed E-state index contributed by atoms with van der Waals surface area (Å²) in [6.07, 6.45) is 4.24. The molecule has 0 aliphatic rings. The summed E-state index contributed by atoms with van der Waals surface area (Å²) in [6.45, 7) is 2.74. The van der Waals surface area contributed by atoms with Gasteiger partial charge in [0.05, 0.1) is 18.4 Å². The number of carbonyl (C=O) groups is 1. The van der Waals surface area contributed by atoms with Crippen molar-refractivity contribution in [2.45, 2.75) is 19.9 Å². The van der Waals surface area contributed by atoms with E-state index >= 15 is 0 Å². The molecule has 0 aliphatic carbocycles. The second kappa shape index (κ2) is 8.85. The maximum absolute atomic E-state index is 12.5. The van der Waals surface area contributed by atoms with Crippen molar-refractivity contribution in [3.05, 3.63) is 83.7 Å². The topological polar surface area (TPSA) is 63.2 Å². The summed E-state index contributed by atoms with van der Waals surface area (Å²) in [4.78, 5) is 16.6. The number of ether oxygens (including phenoxy) is 1. The van der Waals surface area contributed by atoms with Crippen molar-refractivity contribution in [3.8, 4) is 5.75 Å². The van der Waals surface area contributed by atoms with E-state index in [1.54, 1.807) is 25.6 Å². The largest absolute Gasteiger partial charge is 0.497 e. The van der Waals surface area contributed by atoms with Crippen LogP contribution in [0.4, 0.5) is 11.4 Å². The maximum Gasteiger partial charge on any atom is 0.257 e. The van der Waals surface area contributed by atoms with Crippen molar-refractivity contribution in [1.82, 2.24) is 4.98 Å². The quantitative estimate of drug-likeness (QED) is 0.650. The summed E-state index contributed by atoms with van der Waals surface area (Å²) in [6, 6.07) is 17.5. The van der Waals surface area contributed by atoms with Gasteiger partial charge in [0.25, 0.3) is 5.91 Å². The molecule has 0 bridgehead atoms. The molecule has 0 radical (unpaired) electrons. The van der Waals surface area contributed by atoms with Crippen molar-refractivity contribution in [2.75, 3.05) is 17.7 Å². The Kier molecular flexibility index (Phi) is 6.05. The lowest BCUT2D eigenvalue weighted by molar-refractivity contribution is 0.102. The number of anilines is 2. The summed E-state index contributed by atoms with van der Waals surface area (Å²) < 4.78 is 5.16. The van der Waals surface area contributed by atoms with Crippen LogP contribution in [0, 0.1) is 0 Å². The van der Waals surface area contributed by atoms with Crippen molar-refractivity contribution in [3.63, 3.8) is 0 Å². The van der Waals surface area contributed by atoms with Crippen LogP contribution in [0.25, 0.3) is 0 Å². The molecule has 0 atom stereocenters. The lowest BCUT2D eigenvalue weighted by Gasteiger charge is -2.09. The minimum absolute atomic E-state index is 0.181. The summed E-state index contributed by atoms with van der Waals surface area (Å²) in [5.74, 6) is 0.644. The molecule has 0 spiro atoms. The molecule has 0 saturated carbocycles.